The lowest BCUT2D eigenvalue weighted by atomic mass is 9.94. The second-order valence-corrected chi connectivity index (χ2v) is 9.92. The number of amides is 1. The molecular weight excluding hydrogens is 528 g/mol. The number of nitrogens with zero attached hydrogens (tertiary/aromatic N) is 2. The Morgan fingerprint density at radius 3 is 2.56 bits per heavy atom. The predicted molar refractivity (Wildman–Crippen MR) is 152 cm³/mol. The van der Waals surface area contributed by atoms with E-state index < -0.39 is 23.5 Å². The Morgan fingerprint density at radius 1 is 1.02 bits per heavy atom. The molecular formula is C31H36N2O8. The SMILES string of the molecule is CCCOc1ccc(C2C(C(=O)c3cc4cccc(OC)c4o3)=C(O)C(=O)N2CCN2CCOCC2)cc1OCC. The van der Waals surface area contributed by atoms with Gasteiger partial charge in [-0.15, -0.1) is 0 Å². The van der Waals surface area contributed by atoms with Crippen molar-refractivity contribution in [3.63, 3.8) is 0 Å². The Hall–Kier alpha value is -4.02. The Kier molecular flexibility index (Phi) is 8.80. The summed E-state index contributed by atoms with van der Waals surface area (Å²) in [5.74, 6) is -0.194. The quantitative estimate of drug-likeness (QED) is 0.317. The normalized spacial score (nSPS) is 17.9. The molecule has 1 fully saturated rings. The lowest BCUT2D eigenvalue weighted by Gasteiger charge is -2.31. The maximum Gasteiger partial charge on any atom is 0.290 e. The first kappa shape index (κ1) is 28.5. The minimum atomic E-state index is -0.856. The van der Waals surface area contributed by atoms with E-state index in [0.717, 1.165) is 19.5 Å². The molecule has 1 amide bonds. The highest BCUT2D eigenvalue weighted by molar-refractivity contribution is 6.16. The Morgan fingerprint density at radius 2 is 1.83 bits per heavy atom. The van der Waals surface area contributed by atoms with Crippen molar-refractivity contribution >= 4 is 22.7 Å². The van der Waals surface area contributed by atoms with E-state index >= 15 is 0 Å². The molecule has 3 aromatic rings. The molecule has 1 atom stereocenters. The minimum Gasteiger partial charge on any atom is -0.503 e. The number of morpholine rings is 1. The van der Waals surface area contributed by atoms with E-state index in [2.05, 4.69) is 4.90 Å². The minimum absolute atomic E-state index is 0.00631. The molecule has 3 heterocycles. The molecule has 41 heavy (non-hydrogen) atoms. The zero-order valence-corrected chi connectivity index (χ0v) is 23.7. The number of carbonyl (C=O) groups is 2. The summed E-state index contributed by atoms with van der Waals surface area (Å²) >= 11 is 0. The highest BCUT2D eigenvalue weighted by Crippen LogP contribution is 2.42. The van der Waals surface area contributed by atoms with Gasteiger partial charge in [-0.25, -0.2) is 0 Å². The largest absolute Gasteiger partial charge is 0.503 e. The van der Waals surface area contributed by atoms with Gasteiger partial charge in [0, 0.05) is 31.6 Å². The number of para-hydroxylation sites is 1. The molecule has 5 rings (SSSR count). The number of methoxy groups -OCH3 is 1. The van der Waals surface area contributed by atoms with Crippen LogP contribution in [0.1, 0.15) is 42.4 Å². The third-order valence-electron chi connectivity index (χ3n) is 7.31. The first-order valence-electron chi connectivity index (χ1n) is 14.0. The monoisotopic (exact) mass is 564 g/mol. The molecule has 10 heteroatoms. The highest BCUT2D eigenvalue weighted by atomic mass is 16.5. The molecule has 1 N–H and O–H groups in total. The van der Waals surface area contributed by atoms with Crippen LogP contribution >= 0.6 is 0 Å². The van der Waals surface area contributed by atoms with E-state index in [1.54, 1.807) is 41.3 Å². The number of fused-ring (bicyclic) bond motifs is 1. The van der Waals surface area contributed by atoms with Crippen LogP contribution in [0, 0.1) is 0 Å². The number of Topliss-reactive ketones (excluding diaryl/α,β-unsaturated/α-hetero) is 1. The zero-order chi connectivity index (χ0) is 28.9. The first-order chi connectivity index (χ1) is 20.0. The van der Waals surface area contributed by atoms with Crippen molar-refractivity contribution in [2.45, 2.75) is 26.3 Å². The van der Waals surface area contributed by atoms with E-state index in [-0.39, 0.29) is 11.3 Å². The predicted octanol–water partition coefficient (Wildman–Crippen LogP) is 4.54. The zero-order valence-electron chi connectivity index (χ0n) is 23.7. The maximum absolute atomic E-state index is 14.0. The maximum atomic E-state index is 14.0. The molecule has 1 aromatic heterocycles. The lowest BCUT2D eigenvalue weighted by molar-refractivity contribution is -0.129. The summed E-state index contributed by atoms with van der Waals surface area (Å²) in [5.41, 5.74) is 0.993. The van der Waals surface area contributed by atoms with Crippen molar-refractivity contribution in [2.24, 2.45) is 0 Å². The molecule has 10 nitrogen and oxygen atoms in total. The molecule has 0 radical (unpaired) electrons. The van der Waals surface area contributed by atoms with Gasteiger partial charge in [-0.3, -0.25) is 14.5 Å². The van der Waals surface area contributed by atoms with Gasteiger partial charge in [0.15, 0.2) is 34.4 Å². The molecule has 218 valence electrons. The fourth-order valence-electron chi connectivity index (χ4n) is 5.27. The summed E-state index contributed by atoms with van der Waals surface area (Å²) in [6.45, 7) is 8.43. The summed E-state index contributed by atoms with van der Waals surface area (Å²) in [4.78, 5) is 31.3. The average molecular weight is 565 g/mol. The number of ether oxygens (including phenoxy) is 4. The Bertz CT molecular complexity index is 1440. The van der Waals surface area contributed by atoms with E-state index in [9.17, 15) is 14.7 Å². The third kappa shape index (κ3) is 5.75. The van der Waals surface area contributed by atoms with Crippen molar-refractivity contribution in [1.82, 2.24) is 9.80 Å². The second-order valence-electron chi connectivity index (χ2n) is 9.92. The van der Waals surface area contributed by atoms with Crippen LogP contribution in [0.3, 0.4) is 0 Å². The van der Waals surface area contributed by atoms with E-state index in [1.165, 1.54) is 7.11 Å². The van der Waals surface area contributed by atoms with Gasteiger partial charge >= 0.3 is 0 Å². The van der Waals surface area contributed by atoms with Crippen molar-refractivity contribution in [1.29, 1.82) is 0 Å². The topological polar surface area (TPSA) is 111 Å². The number of aliphatic hydroxyl groups is 1. The molecule has 0 bridgehead atoms. The molecule has 1 unspecified atom stereocenters. The molecule has 0 aliphatic carbocycles. The summed E-state index contributed by atoms with van der Waals surface area (Å²) in [6.07, 6.45) is 0.831. The van der Waals surface area contributed by atoms with Crippen LogP contribution in [0.2, 0.25) is 0 Å². The summed E-state index contributed by atoms with van der Waals surface area (Å²) in [7, 11) is 1.52. The standard InChI is InChI=1S/C31H36N2O8/c1-4-15-40-22-10-9-20(18-24(22)39-5-2)27-26(28(34)25-19-21-7-6-8-23(37-3)30(21)41-25)29(35)31(36)33(27)12-11-32-13-16-38-17-14-32/h6-10,18-19,27,35H,4-5,11-17H2,1-3H3. The lowest BCUT2D eigenvalue weighted by Crippen LogP contribution is -2.43. The molecule has 2 aliphatic heterocycles. The fraction of sp³-hybridized carbons (Fsp3) is 0.419. The first-order valence-corrected chi connectivity index (χ1v) is 14.0. The highest BCUT2D eigenvalue weighted by Gasteiger charge is 2.45. The van der Waals surface area contributed by atoms with Gasteiger partial charge in [-0.1, -0.05) is 25.1 Å². The van der Waals surface area contributed by atoms with Crippen LogP contribution in [0.5, 0.6) is 17.2 Å². The number of hydrogen-bond donors (Lipinski definition) is 1. The van der Waals surface area contributed by atoms with Crippen LogP contribution in [-0.4, -0.2) is 86.3 Å². The van der Waals surface area contributed by atoms with Gasteiger partial charge in [0.2, 0.25) is 5.78 Å². The molecule has 2 aliphatic rings. The van der Waals surface area contributed by atoms with Crippen molar-refractivity contribution < 1.29 is 38.1 Å². The number of furan rings is 1. The van der Waals surface area contributed by atoms with Crippen molar-refractivity contribution in [3.8, 4) is 17.2 Å². The fourth-order valence-corrected chi connectivity index (χ4v) is 5.27. The number of ketones is 1. The smallest absolute Gasteiger partial charge is 0.290 e. The van der Waals surface area contributed by atoms with Gasteiger partial charge < -0.3 is 33.4 Å². The number of carbonyl (C=O) groups excluding carboxylic acids is 2. The molecule has 2 aromatic carbocycles. The number of aliphatic hydroxyl groups excluding tert-OH is 1. The van der Waals surface area contributed by atoms with E-state index in [4.69, 9.17) is 23.4 Å². The van der Waals surface area contributed by atoms with Gasteiger partial charge in [0.05, 0.1) is 45.2 Å². The van der Waals surface area contributed by atoms with Crippen molar-refractivity contribution in [2.75, 3.05) is 59.7 Å². The van der Waals surface area contributed by atoms with Gasteiger partial charge in [0.25, 0.3) is 5.91 Å². The van der Waals surface area contributed by atoms with Crippen LogP contribution in [-0.2, 0) is 9.53 Å². The van der Waals surface area contributed by atoms with E-state index in [0.29, 0.717) is 73.3 Å². The Balaban J connectivity index is 1.55. The van der Waals surface area contributed by atoms with Crippen LogP contribution < -0.4 is 14.2 Å². The Labute approximate surface area is 239 Å². The number of rotatable bonds is 12. The van der Waals surface area contributed by atoms with Gasteiger partial charge in [-0.05, 0) is 43.2 Å². The summed E-state index contributed by atoms with van der Waals surface area (Å²) in [6, 6.07) is 11.5. The summed E-state index contributed by atoms with van der Waals surface area (Å²) < 4.78 is 28.5. The van der Waals surface area contributed by atoms with Crippen molar-refractivity contribution in [3.05, 3.63) is 65.1 Å². The molecule has 0 spiro atoms. The molecule has 0 saturated carbocycles. The van der Waals surface area contributed by atoms with E-state index in [1.807, 2.05) is 19.9 Å². The van der Waals surface area contributed by atoms with Crippen LogP contribution in [0.4, 0.5) is 0 Å². The van der Waals surface area contributed by atoms with Gasteiger partial charge in [-0.2, -0.15) is 0 Å². The van der Waals surface area contributed by atoms with Gasteiger partial charge in [0.1, 0.15) is 0 Å². The summed E-state index contributed by atoms with van der Waals surface area (Å²) in [5, 5.41) is 11.8. The average Bonchev–Trinajstić information content (AvgIpc) is 3.54. The van der Waals surface area contributed by atoms with Crippen LogP contribution in [0.25, 0.3) is 11.0 Å². The van der Waals surface area contributed by atoms with Crippen LogP contribution in [0.15, 0.2) is 58.2 Å². The molecule has 1 saturated heterocycles. The second kappa shape index (κ2) is 12.7. The number of benzene rings is 2. The third-order valence-corrected chi connectivity index (χ3v) is 7.31. The number of hydrogen-bond acceptors (Lipinski definition) is 9.